The molecule has 1 aliphatic carbocycles. The lowest BCUT2D eigenvalue weighted by molar-refractivity contribution is -0.147. The summed E-state index contributed by atoms with van der Waals surface area (Å²) in [6, 6.07) is 14.0. The number of hydrogen-bond acceptors (Lipinski definition) is 9. The van der Waals surface area contributed by atoms with E-state index in [2.05, 4.69) is 25.2 Å². The third-order valence-electron chi connectivity index (χ3n) is 11.1. The third-order valence-corrected chi connectivity index (χ3v) is 12.0. The fraction of sp³-hybridized carbons (Fsp3) is 0.452. The number of aliphatic carboxylic acids is 1. The number of nitrogens with one attached hydrogen (secondary N) is 1. The number of para-hydroxylation sites is 1. The first-order valence-corrected chi connectivity index (χ1v) is 19.6. The van der Waals surface area contributed by atoms with Crippen molar-refractivity contribution in [2.75, 3.05) is 19.0 Å². The summed E-state index contributed by atoms with van der Waals surface area (Å²) in [7, 11) is 1.63. The van der Waals surface area contributed by atoms with E-state index in [1.807, 2.05) is 66.9 Å². The van der Waals surface area contributed by atoms with Crippen LogP contribution in [0.5, 0.6) is 11.5 Å². The Morgan fingerprint density at radius 2 is 1.89 bits per heavy atom. The molecule has 10 nitrogen and oxygen atoms in total. The number of aryl methyl sites for hydroxylation is 1. The Morgan fingerprint density at radius 1 is 1.08 bits per heavy atom. The molecule has 0 bridgehead atoms. The number of thiazole rings is 1. The highest BCUT2D eigenvalue weighted by Gasteiger charge is 2.61. The fourth-order valence-electron chi connectivity index (χ4n) is 7.87. The minimum atomic E-state index is -1.14. The van der Waals surface area contributed by atoms with Gasteiger partial charge in [-0.05, 0) is 68.7 Å². The van der Waals surface area contributed by atoms with E-state index in [4.69, 9.17) is 19.4 Å². The quantitative estimate of drug-likeness (QED) is 0.172. The number of aromatic nitrogens is 2. The van der Waals surface area contributed by atoms with Gasteiger partial charge >= 0.3 is 5.97 Å². The van der Waals surface area contributed by atoms with Crippen molar-refractivity contribution >= 4 is 45.6 Å². The van der Waals surface area contributed by atoms with Crippen molar-refractivity contribution < 1.29 is 29.0 Å². The smallest absolute Gasteiger partial charge is 0.310 e. The van der Waals surface area contributed by atoms with Crippen LogP contribution < -0.4 is 14.8 Å². The highest BCUT2D eigenvalue weighted by atomic mass is 32.1. The number of ketones is 1. The SMILES string of the molecule is COc1ccc2c(O[C@@H]3C[C@H]4C(=O)C[C@]5(C(=O)O)C[C@H]5/C=C\CCCCC[C@H](Nc5ccccc5)C(=O)N4C3)cc(-c3nc(C(C)C)cs3)nc2c1C. The van der Waals surface area contributed by atoms with Crippen molar-refractivity contribution in [2.45, 2.75) is 96.2 Å². The highest BCUT2D eigenvalue weighted by Crippen LogP contribution is 2.57. The van der Waals surface area contributed by atoms with Gasteiger partial charge in [0.1, 0.15) is 34.3 Å². The average Bonchev–Trinajstić information content (AvgIpc) is 3.44. The monoisotopic (exact) mass is 736 g/mol. The third kappa shape index (κ3) is 7.54. The van der Waals surface area contributed by atoms with E-state index in [9.17, 15) is 19.5 Å². The molecular weight excluding hydrogens is 689 g/mol. The summed E-state index contributed by atoms with van der Waals surface area (Å²) in [5.41, 5.74) is 2.93. The Labute approximate surface area is 314 Å². The zero-order valence-electron chi connectivity index (χ0n) is 30.8. The Balaban J connectivity index is 1.25. The molecule has 278 valence electrons. The van der Waals surface area contributed by atoms with E-state index in [1.165, 1.54) is 11.3 Å². The molecule has 2 aromatic carbocycles. The summed E-state index contributed by atoms with van der Waals surface area (Å²) < 4.78 is 12.5. The van der Waals surface area contributed by atoms with E-state index in [0.29, 0.717) is 30.0 Å². The lowest BCUT2D eigenvalue weighted by atomic mass is 9.92. The number of anilines is 1. The maximum absolute atomic E-state index is 14.6. The fourth-order valence-corrected chi connectivity index (χ4v) is 8.81. The molecule has 4 aromatic rings. The van der Waals surface area contributed by atoms with Crippen LogP contribution in [0.25, 0.3) is 21.6 Å². The van der Waals surface area contributed by atoms with E-state index in [1.54, 1.807) is 12.0 Å². The minimum Gasteiger partial charge on any atom is -0.496 e. The summed E-state index contributed by atoms with van der Waals surface area (Å²) in [4.78, 5) is 53.2. The Bertz CT molecular complexity index is 2030. The Kier molecular flexibility index (Phi) is 10.6. The van der Waals surface area contributed by atoms with E-state index in [-0.39, 0.29) is 42.9 Å². The van der Waals surface area contributed by atoms with Gasteiger partial charge in [-0.2, -0.15) is 0 Å². The van der Waals surface area contributed by atoms with Crippen molar-refractivity contribution in [3.63, 3.8) is 0 Å². The number of rotatable bonds is 8. The maximum Gasteiger partial charge on any atom is 0.310 e. The van der Waals surface area contributed by atoms with Crippen LogP contribution in [0.1, 0.15) is 82.4 Å². The Hall–Kier alpha value is -4.77. The number of pyridine rings is 1. The number of carboxylic acids is 1. The molecule has 0 radical (unpaired) electrons. The van der Waals surface area contributed by atoms with Crippen molar-refractivity contribution in [3.8, 4) is 22.2 Å². The predicted molar refractivity (Wildman–Crippen MR) is 207 cm³/mol. The largest absolute Gasteiger partial charge is 0.496 e. The molecule has 0 unspecified atom stereocenters. The van der Waals surface area contributed by atoms with Crippen molar-refractivity contribution in [1.82, 2.24) is 14.9 Å². The molecule has 7 rings (SSSR count). The first-order chi connectivity index (χ1) is 25.6. The van der Waals surface area contributed by atoms with E-state index < -0.39 is 29.6 Å². The second-order valence-electron chi connectivity index (χ2n) is 15.1. The molecule has 4 heterocycles. The van der Waals surface area contributed by atoms with Crippen LogP contribution in [0.2, 0.25) is 0 Å². The summed E-state index contributed by atoms with van der Waals surface area (Å²) >= 11 is 1.53. The van der Waals surface area contributed by atoms with Crippen molar-refractivity contribution in [2.24, 2.45) is 11.3 Å². The average molecular weight is 737 g/mol. The van der Waals surface area contributed by atoms with Gasteiger partial charge in [0.15, 0.2) is 5.78 Å². The van der Waals surface area contributed by atoms with Gasteiger partial charge in [-0.1, -0.05) is 57.0 Å². The van der Waals surface area contributed by atoms with Crippen LogP contribution in [0, 0.1) is 18.3 Å². The van der Waals surface area contributed by atoms with Crippen LogP contribution in [0.4, 0.5) is 5.69 Å². The molecule has 2 fully saturated rings. The normalized spacial score (nSPS) is 25.6. The van der Waals surface area contributed by atoms with Crippen molar-refractivity contribution in [3.05, 3.63) is 77.3 Å². The summed E-state index contributed by atoms with van der Waals surface area (Å²) in [5.74, 6) is -0.00759. The molecular formula is C42H48N4O6S. The first-order valence-electron chi connectivity index (χ1n) is 18.7. The van der Waals surface area contributed by atoms with Gasteiger partial charge in [0.2, 0.25) is 5.91 Å². The molecule has 1 amide bonds. The lowest BCUT2D eigenvalue weighted by Gasteiger charge is -2.29. The van der Waals surface area contributed by atoms with Crippen LogP contribution in [-0.4, -0.2) is 69.5 Å². The molecule has 0 spiro atoms. The number of Topliss-reactive ketones (excluding diaryl/α,β-unsaturated/α-hetero) is 1. The van der Waals surface area contributed by atoms with Crippen molar-refractivity contribution in [1.29, 1.82) is 0 Å². The van der Waals surface area contributed by atoms with Gasteiger partial charge in [-0.25, -0.2) is 9.97 Å². The maximum atomic E-state index is 14.6. The number of hydrogen-bond donors (Lipinski definition) is 2. The standard InChI is InChI=1S/C42H48N4O6S/c1-25(2)33-24-53-39(45-33)32-20-37(30-17-18-36(51-4)26(3)38(30)44-32)52-29-19-34-35(47)22-42(41(49)50)21-27(42)13-9-6-5-7-12-16-31(40(48)46(34)23-29)43-28-14-10-8-11-15-28/h8-11,13-15,17-18,20,24-25,27,29,31,34,43H,5-7,12,16,19,21-23H2,1-4H3,(H,49,50)/b13-9-/t27-,29-,31+,34+,42-/m1/s1. The zero-order chi connectivity index (χ0) is 37.3. The molecule has 1 saturated heterocycles. The number of nitrogens with zero attached hydrogens (tertiary/aromatic N) is 3. The van der Waals surface area contributed by atoms with Gasteiger partial charge in [-0.15, -0.1) is 11.3 Å². The Morgan fingerprint density at radius 3 is 2.62 bits per heavy atom. The number of carboxylic acid groups (broad SMARTS) is 1. The number of carbonyl (C=O) groups is 3. The molecule has 2 aromatic heterocycles. The van der Waals surface area contributed by atoms with Crippen LogP contribution >= 0.6 is 11.3 Å². The van der Waals surface area contributed by atoms with E-state index in [0.717, 1.165) is 58.5 Å². The number of carbonyl (C=O) groups excluding carboxylic acids is 2. The molecule has 2 N–H and O–H groups in total. The number of methoxy groups -OCH3 is 1. The van der Waals surface area contributed by atoms with Crippen LogP contribution in [-0.2, 0) is 14.4 Å². The second-order valence-corrected chi connectivity index (χ2v) is 15.9. The first kappa shape index (κ1) is 36.6. The predicted octanol–water partition coefficient (Wildman–Crippen LogP) is 8.20. The molecule has 11 heteroatoms. The molecule has 3 aliphatic rings. The number of amides is 1. The summed E-state index contributed by atoms with van der Waals surface area (Å²) in [6.07, 6.45) is 8.25. The molecule has 1 saturated carbocycles. The number of allylic oxidation sites excluding steroid dienone is 2. The highest BCUT2D eigenvalue weighted by molar-refractivity contribution is 7.13. The minimum absolute atomic E-state index is 0.126. The summed E-state index contributed by atoms with van der Waals surface area (Å²) in [6.45, 7) is 6.36. The lowest BCUT2D eigenvalue weighted by Crippen LogP contribution is -2.48. The summed E-state index contributed by atoms with van der Waals surface area (Å²) in [5, 5.41) is 17.4. The van der Waals surface area contributed by atoms with Gasteiger partial charge in [0.25, 0.3) is 0 Å². The number of benzene rings is 2. The van der Waals surface area contributed by atoms with Gasteiger partial charge in [-0.3, -0.25) is 14.4 Å². The van der Waals surface area contributed by atoms with Crippen LogP contribution in [0.15, 0.2) is 66.1 Å². The van der Waals surface area contributed by atoms with Crippen LogP contribution in [0.3, 0.4) is 0 Å². The topological polar surface area (TPSA) is 131 Å². The zero-order valence-corrected chi connectivity index (χ0v) is 31.7. The molecule has 2 aliphatic heterocycles. The number of fused-ring (bicyclic) bond motifs is 3. The molecule has 5 atom stereocenters. The second kappa shape index (κ2) is 15.3. The van der Waals surface area contributed by atoms with Gasteiger partial charge in [0, 0.05) is 40.9 Å². The van der Waals surface area contributed by atoms with E-state index >= 15 is 0 Å². The molecule has 53 heavy (non-hydrogen) atoms. The van der Waals surface area contributed by atoms with Gasteiger partial charge < -0.3 is 24.8 Å². The van der Waals surface area contributed by atoms with Gasteiger partial charge in [0.05, 0.1) is 36.3 Å². The number of ether oxygens (including phenoxy) is 2.